The van der Waals surface area contributed by atoms with E-state index >= 15 is 0 Å². The average molecular weight is 375 g/mol. The first-order valence-corrected chi connectivity index (χ1v) is 10.9. The highest BCUT2D eigenvalue weighted by molar-refractivity contribution is 7.15. The van der Waals surface area contributed by atoms with Gasteiger partial charge in [-0.2, -0.15) is 0 Å². The minimum absolute atomic E-state index is 0.214. The molecule has 26 heavy (non-hydrogen) atoms. The van der Waals surface area contributed by atoms with Crippen molar-refractivity contribution < 1.29 is 4.79 Å². The first-order chi connectivity index (χ1) is 12.5. The molecule has 0 radical (unpaired) electrons. The molecule has 1 atom stereocenters. The Morgan fingerprint density at radius 3 is 2.85 bits per heavy atom. The van der Waals surface area contributed by atoms with Gasteiger partial charge in [-0.05, 0) is 33.1 Å². The van der Waals surface area contributed by atoms with Gasteiger partial charge >= 0.3 is 0 Å². The Labute approximate surface area is 160 Å². The van der Waals surface area contributed by atoms with Crippen LogP contribution in [0.1, 0.15) is 63.8 Å². The van der Waals surface area contributed by atoms with Crippen LogP contribution in [0.4, 0.5) is 0 Å². The van der Waals surface area contributed by atoms with Gasteiger partial charge in [-0.3, -0.25) is 14.1 Å². The molecule has 1 saturated heterocycles. The second kappa shape index (κ2) is 6.97. The Kier molecular flexibility index (Phi) is 4.82. The number of thiazole rings is 1. The predicted molar refractivity (Wildman–Crippen MR) is 105 cm³/mol. The van der Waals surface area contributed by atoms with Crippen LogP contribution in [0.15, 0.2) is 11.6 Å². The van der Waals surface area contributed by atoms with E-state index in [1.807, 2.05) is 0 Å². The van der Waals surface area contributed by atoms with Crippen LogP contribution in [0.3, 0.4) is 0 Å². The van der Waals surface area contributed by atoms with E-state index in [4.69, 9.17) is 4.98 Å². The molecule has 0 unspecified atom stereocenters. The van der Waals surface area contributed by atoms with Crippen molar-refractivity contribution in [2.24, 2.45) is 0 Å². The fourth-order valence-electron chi connectivity index (χ4n) is 5.30. The van der Waals surface area contributed by atoms with Crippen molar-refractivity contribution in [1.82, 2.24) is 19.2 Å². The van der Waals surface area contributed by atoms with Crippen molar-refractivity contribution in [2.45, 2.75) is 77.4 Å². The fraction of sp³-hybridized carbons (Fsp3) is 0.700. The summed E-state index contributed by atoms with van der Waals surface area (Å²) in [7, 11) is 0. The number of nitrogens with zero attached hydrogens (tertiary/aromatic N) is 4. The number of hydrogen-bond acceptors (Lipinski definition) is 4. The van der Waals surface area contributed by atoms with E-state index < -0.39 is 0 Å². The lowest BCUT2D eigenvalue weighted by Gasteiger charge is -2.41. The van der Waals surface area contributed by atoms with Gasteiger partial charge in [0.1, 0.15) is 0 Å². The van der Waals surface area contributed by atoms with E-state index in [0.717, 1.165) is 36.7 Å². The third kappa shape index (κ3) is 2.97. The van der Waals surface area contributed by atoms with Crippen molar-refractivity contribution in [2.75, 3.05) is 13.1 Å². The van der Waals surface area contributed by atoms with Crippen molar-refractivity contribution in [3.05, 3.63) is 23.0 Å². The van der Waals surface area contributed by atoms with E-state index in [2.05, 4.69) is 39.6 Å². The molecular weight excluding hydrogens is 344 g/mol. The number of fused-ring (bicyclic) bond motifs is 1. The highest BCUT2D eigenvalue weighted by Crippen LogP contribution is 2.44. The maximum Gasteiger partial charge on any atom is 0.219 e. The van der Waals surface area contributed by atoms with E-state index in [-0.39, 0.29) is 11.4 Å². The van der Waals surface area contributed by atoms with Crippen molar-refractivity contribution >= 4 is 22.2 Å². The number of imidazole rings is 1. The number of carbonyl (C=O) groups excluding carboxylic acids is 1. The summed E-state index contributed by atoms with van der Waals surface area (Å²) in [5, 5.41) is 2.11. The number of carbonyl (C=O) groups is 1. The summed E-state index contributed by atoms with van der Waals surface area (Å²) < 4.78 is 2.26. The summed E-state index contributed by atoms with van der Waals surface area (Å²) in [5.74, 6) is 0.214. The molecule has 1 spiro atoms. The van der Waals surface area contributed by atoms with Crippen LogP contribution in [-0.4, -0.2) is 49.8 Å². The number of aryl methyl sites for hydroxylation is 1. The zero-order chi connectivity index (χ0) is 18.3. The number of likely N-dealkylation sites (tertiary alicyclic amines) is 1. The molecule has 1 aliphatic carbocycles. The fourth-order valence-corrected chi connectivity index (χ4v) is 6.08. The topological polar surface area (TPSA) is 40.9 Å². The Morgan fingerprint density at radius 1 is 1.38 bits per heavy atom. The highest BCUT2D eigenvalue weighted by Gasteiger charge is 2.47. The smallest absolute Gasteiger partial charge is 0.219 e. The average Bonchev–Trinajstić information content (AvgIpc) is 3.26. The summed E-state index contributed by atoms with van der Waals surface area (Å²) >= 11 is 1.70. The molecule has 2 aliphatic rings. The molecule has 1 saturated carbocycles. The van der Waals surface area contributed by atoms with Crippen LogP contribution in [0, 0.1) is 6.92 Å². The Hall–Kier alpha value is -1.40. The minimum Gasteiger partial charge on any atom is -0.339 e. The summed E-state index contributed by atoms with van der Waals surface area (Å²) in [4.78, 5) is 22.7. The molecular formula is C20H30N4OS. The van der Waals surface area contributed by atoms with Gasteiger partial charge in [0, 0.05) is 49.7 Å². The van der Waals surface area contributed by atoms with Gasteiger partial charge in [0.2, 0.25) is 5.91 Å². The number of likely N-dealkylation sites (N-methyl/N-ethyl adjacent to an activating group) is 1. The minimum atomic E-state index is 0.214. The normalized spacial score (nSPS) is 23.1. The Morgan fingerprint density at radius 2 is 2.15 bits per heavy atom. The first kappa shape index (κ1) is 18.0. The van der Waals surface area contributed by atoms with E-state index in [1.165, 1.54) is 37.8 Å². The van der Waals surface area contributed by atoms with Crippen LogP contribution in [0.5, 0.6) is 0 Å². The third-order valence-electron chi connectivity index (χ3n) is 6.59. The Balaban J connectivity index is 1.64. The number of rotatable bonds is 4. The van der Waals surface area contributed by atoms with Crippen LogP contribution in [0.25, 0.3) is 4.96 Å². The quantitative estimate of drug-likeness (QED) is 0.816. The van der Waals surface area contributed by atoms with Crippen molar-refractivity contribution in [3.8, 4) is 0 Å². The monoisotopic (exact) mass is 374 g/mol. The lowest BCUT2D eigenvalue weighted by Crippen LogP contribution is -2.45. The van der Waals surface area contributed by atoms with Gasteiger partial charge in [0.05, 0.1) is 11.4 Å². The second-order valence-electron chi connectivity index (χ2n) is 8.03. The number of amides is 1. The zero-order valence-corrected chi connectivity index (χ0v) is 17.0. The van der Waals surface area contributed by atoms with Crippen molar-refractivity contribution in [1.29, 1.82) is 0 Å². The van der Waals surface area contributed by atoms with Gasteiger partial charge < -0.3 is 4.90 Å². The molecule has 2 aromatic heterocycles. The zero-order valence-electron chi connectivity index (χ0n) is 16.2. The number of aromatic nitrogens is 2. The molecule has 4 rings (SSSR count). The molecule has 142 valence electrons. The molecule has 1 aliphatic heterocycles. The first-order valence-electron chi connectivity index (χ1n) is 9.97. The van der Waals surface area contributed by atoms with E-state index in [9.17, 15) is 4.79 Å². The summed E-state index contributed by atoms with van der Waals surface area (Å²) in [6, 6.07) is 0.349. The van der Waals surface area contributed by atoms with Gasteiger partial charge in [0.25, 0.3) is 0 Å². The lowest BCUT2D eigenvalue weighted by molar-refractivity contribution is -0.130. The van der Waals surface area contributed by atoms with Crippen LogP contribution in [0.2, 0.25) is 0 Å². The molecule has 0 bridgehead atoms. The van der Waals surface area contributed by atoms with Gasteiger partial charge in [0.15, 0.2) is 4.96 Å². The molecule has 0 aromatic carbocycles. The van der Waals surface area contributed by atoms with E-state index in [1.54, 1.807) is 18.3 Å². The molecule has 5 nitrogen and oxygen atoms in total. The summed E-state index contributed by atoms with van der Waals surface area (Å²) in [6.45, 7) is 8.69. The molecule has 2 fully saturated rings. The van der Waals surface area contributed by atoms with Crippen molar-refractivity contribution in [3.63, 3.8) is 0 Å². The molecule has 0 N–H and O–H groups in total. The standard InChI is InChI=1S/C20H30N4OS/c1-4-23(16(3)25)17-12-20(8-6-5-7-9-20)22(13-17)14-18-15(2)21-19-24(18)10-11-26-19/h10-11,17H,4-9,12-14H2,1-3H3/t17-/m1/s1. The maximum atomic E-state index is 12.1. The molecule has 3 heterocycles. The molecule has 2 aromatic rings. The van der Waals surface area contributed by atoms with Gasteiger partial charge in [-0.1, -0.05) is 19.3 Å². The SMILES string of the molecule is CCN(C(C)=O)[C@H]1CN(Cc2c(C)nc3sccn23)C2(CCCCC2)C1. The lowest BCUT2D eigenvalue weighted by atomic mass is 9.79. The van der Waals surface area contributed by atoms with Gasteiger partial charge in [-0.25, -0.2) is 4.98 Å². The van der Waals surface area contributed by atoms with Gasteiger partial charge in [-0.15, -0.1) is 11.3 Å². The predicted octanol–water partition coefficient (Wildman–Crippen LogP) is 3.85. The summed E-state index contributed by atoms with van der Waals surface area (Å²) in [5.41, 5.74) is 2.72. The van der Waals surface area contributed by atoms with Crippen LogP contribution >= 0.6 is 11.3 Å². The summed E-state index contributed by atoms with van der Waals surface area (Å²) in [6.07, 6.45) is 9.79. The second-order valence-corrected chi connectivity index (χ2v) is 8.90. The van der Waals surface area contributed by atoms with Crippen LogP contribution in [-0.2, 0) is 11.3 Å². The maximum absolute atomic E-state index is 12.1. The number of hydrogen-bond donors (Lipinski definition) is 0. The molecule has 1 amide bonds. The van der Waals surface area contributed by atoms with E-state index in [0.29, 0.717) is 6.04 Å². The molecule has 6 heteroatoms. The third-order valence-corrected chi connectivity index (χ3v) is 7.35. The highest BCUT2D eigenvalue weighted by atomic mass is 32.1. The van der Waals surface area contributed by atoms with Crippen LogP contribution < -0.4 is 0 Å². The largest absolute Gasteiger partial charge is 0.339 e. The Bertz CT molecular complexity index is 789.